The molecule has 1 aliphatic rings. The van der Waals surface area contributed by atoms with Gasteiger partial charge in [0.2, 0.25) is 0 Å². The first-order valence-electron chi connectivity index (χ1n) is 11.0. The van der Waals surface area contributed by atoms with Gasteiger partial charge in [0.1, 0.15) is 5.75 Å². The van der Waals surface area contributed by atoms with Crippen LogP contribution in [0, 0.1) is 5.92 Å². The summed E-state index contributed by atoms with van der Waals surface area (Å²) in [5.74, 6) is 0.190. The van der Waals surface area contributed by atoms with Gasteiger partial charge in [-0.15, -0.1) is 0 Å². The van der Waals surface area contributed by atoms with Gasteiger partial charge in [-0.3, -0.25) is 9.78 Å². The third kappa shape index (κ3) is 5.75. The minimum Gasteiger partial charge on any atom is -0.426 e. The number of aromatic nitrogens is 1. The van der Waals surface area contributed by atoms with Crippen molar-refractivity contribution in [2.75, 3.05) is 31.1 Å². The molecule has 2 N–H and O–H groups in total. The smallest absolute Gasteiger partial charge is 0.315 e. The zero-order valence-corrected chi connectivity index (χ0v) is 18.6. The molecule has 0 aliphatic carbocycles. The molecule has 0 saturated carbocycles. The summed E-state index contributed by atoms with van der Waals surface area (Å²) in [6.45, 7) is 9.01. The van der Waals surface area contributed by atoms with Crippen molar-refractivity contribution in [2.24, 2.45) is 5.92 Å². The fourth-order valence-corrected chi connectivity index (χ4v) is 4.02. The standard InChI is InChI=1S/C24H32N4O3/c1-4-28(5-2)19-8-9-20-17(3)21(23(29)31-22(20)15-19)11-14-27-24(30)26-13-10-18-7-6-12-25-16-18/h6-9,12,15-17,21H,4-5,10-11,13-14H2,1-3H3,(H2,26,27,30). The number of fused-ring (bicyclic) bond motifs is 1. The number of carbonyl (C=O) groups excluding carboxylic acids is 2. The van der Waals surface area contributed by atoms with Crippen LogP contribution in [0.4, 0.5) is 10.5 Å². The van der Waals surface area contributed by atoms with Gasteiger partial charge in [-0.1, -0.05) is 19.1 Å². The Morgan fingerprint density at radius 2 is 1.94 bits per heavy atom. The number of pyridine rings is 1. The van der Waals surface area contributed by atoms with Crippen molar-refractivity contribution < 1.29 is 14.3 Å². The molecule has 2 aromatic rings. The molecule has 2 amide bonds. The minimum atomic E-state index is -0.275. The van der Waals surface area contributed by atoms with E-state index in [9.17, 15) is 9.59 Å². The molecule has 2 heterocycles. The van der Waals surface area contributed by atoms with Crippen molar-refractivity contribution in [1.82, 2.24) is 15.6 Å². The second kappa shape index (κ2) is 10.8. The van der Waals surface area contributed by atoms with Crippen molar-refractivity contribution in [1.29, 1.82) is 0 Å². The zero-order valence-electron chi connectivity index (χ0n) is 18.6. The third-order valence-electron chi connectivity index (χ3n) is 5.90. The van der Waals surface area contributed by atoms with E-state index < -0.39 is 0 Å². The number of nitrogens with one attached hydrogen (secondary N) is 2. The highest BCUT2D eigenvalue weighted by molar-refractivity contribution is 5.80. The highest BCUT2D eigenvalue weighted by atomic mass is 16.5. The second-order valence-electron chi connectivity index (χ2n) is 7.79. The van der Waals surface area contributed by atoms with E-state index in [1.54, 1.807) is 12.4 Å². The minimum absolute atomic E-state index is 0.0393. The predicted molar refractivity (Wildman–Crippen MR) is 122 cm³/mol. The molecule has 31 heavy (non-hydrogen) atoms. The first-order chi connectivity index (χ1) is 15.0. The number of amides is 2. The lowest BCUT2D eigenvalue weighted by atomic mass is 9.83. The Labute approximate surface area is 184 Å². The number of hydrogen-bond donors (Lipinski definition) is 2. The Morgan fingerprint density at radius 1 is 1.16 bits per heavy atom. The van der Waals surface area contributed by atoms with Crippen molar-refractivity contribution in [2.45, 2.75) is 39.5 Å². The number of esters is 1. The van der Waals surface area contributed by atoms with Crippen LogP contribution >= 0.6 is 0 Å². The van der Waals surface area contributed by atoms with Crippen LogP contribution in [-0.2, 0) is 11.2 Å². The number of nitrogens with zero attached hydrogens (tertiary/aromatic N) is 2. The average molecular weight is 425 g/mol. The Morgan fingerprint density at radius 3 is 2.65 bits per heavy atom. The van der Waals surface area contributed by atoms with Crippen LogP contribution in [0.15, 0.2) is 42.7 Å². The Bertz CT molecular complexity index is 884. The summed E-state index contributed by atoms with van der Waals surface area (Å²) in [6, 6.07) is 9.73. The monoisotopic (exact) mass is 424 g/mol. The number of hydrogen-bond acceptors (Lipinski definition) is 5. The molecular formula is C24H32N4O3. The van der Waals surface area contributed by atoms with Crippen LogP contribution in [0.1, 0.15) is 44.2 Å². The van der Waals surface area contributed by atoms with E-state index >= 15 is 0 Å². The van der Waals surface area contributed by atoms with Crippen LogP contribution in [0.25, 0.3) is 0 Å². The second-order valence-corrected chi connectivity index (χ2v) is 7.79. The van der Waals surface area contributed by atoms with Crippen molar-refractivity contribution in [3.63, 3.8) is 0 Å². The molecular weight excluding hydrogens is 392 g/mol. The highest BCUT2D eigenvalue weighted by Gasteiger charge is 2.35. The molecule has 1 aliphatic heterocycles. The first kappa shape index (κ1) is 22.6. The van der Waals surface area contributed by atoms with E-state index in [4.69, 9.17) is 4.74 Å². The number of carbonyl (C=O) groups is 2. The lowest BCUT2D eigenvalue weighted by Crippen LogP contribution is -2.39. The summed E-state index contributed by atoms with van der Waals surface area (Å²) < 4.78 is 5.67. The molecule has 7 nitrogen and oxygen atoms in total. The lowest BCUT2D eigenvalue weighted by Gasteiger charge is -2.31. The first-order valence-corrected chi connectivity index (χ1v) is 11.0. The van der Waals surface area contributed by atoms with Crippen LogP contribution in [0.5, 0.6) is 5.75 Å². The lowest BCUT2D eigenvalue weighted by molar-refractivity contribution is -0.141. The van der Waals surface area contributed by atoms with Gasteiger partial charge < -0.3 is 20.3 Å². The molecule has 3 rings (SSSR count). The van der Waals surface area contributed by atoms with Gasteiger partial charge >= 0.3 is 12.0 Å². The quantitative estimate of drug-likeness (QED) is 0.476. The number of ether oxygens (including phenoxy) is 1. The maximum absolute atomic E-state index is 12.6. The maximum Gasteiger partial charge on any atom is 0.315 e. The molecule has 1 aromatic carbocycles. The summed E-state index contributed by atoms with van der Waals surface area (Å²) in [5.41, 5.74) is 3.18. The molecule has 1 aromatic heterocycles. The number of anilines is 1. The third-order valence-corrected chi connectivity index (χ3v) is 5.90. The van der Waals surface area contributed by atoms with Gasteiger partial charge in [0.15, 0.2) is 0 Å². The number of urea groups is 1. The summed E-state index contributed by atoms with van der Waals surface area (Å²) >= 11 is 0. The summed E-state index contributed by atoms with van der Waals surface area (Å²) in [7, 11) is 0. The zero-order chi connectivity index (χ0) is 22.2. The van der Waals surface area contributed by atoms with E-state index in [1.807, 2.05) is 18.2 Å². The van der Waals surface area contributed by atoms with E-state index in [2.05, 4.69) is 53.4 Å². The summed E-state index contributed by atoms with van der Waals surface area (Å²) in [5, 5.41) is 5.68. The fraction of sp³-hybridized carbons (Fsp3) is 0.458. The van der Waals surface area contributed by atoms with Crippen LogP contribution in [0.2, 0.25) is 0 Å². The number of benzene rings is 1. The van der Waals surface area contributed by atoms with Crippen molar-refractivity contribution >= 4 is 17.7 Å². The van der Waals surface area contributed by atoms with E-state index in [0.717, 1.165) is 36.3 Å². The molecule has 0 saturated heterocycles. The number of rotatable bonds is 9. The molecule has 0 spiro atoms. The predicted octanol–water partition coefficient (Wildman–Crippen LogP) is 3.50. The molecule has 0 radical (unpaired) electrons. The Balaban J connectivity index is 1.49. The van der Waals surface area contributed by atoms with Gasteiger partial charge in [0.25, 0.3) is 0 Å². The van der Waals surface area contributed by atoms with Gasteiger partial charge in [-0.05, 0) is 55.9 Å². The SMILES string of the molecule is CCN(CC)c1ccc2c(c1)OC(=O)C(CCNC(=O)NCCc1cccnc1)C2C. The van der Waals surface area contributed by atoms with Crippen molar-refractivity contribution in [3.8, 4) is 5.75 Å². The average Bonchev–Trinajstić information content (AvgIpc) is 2.77. The van der Waals surface area contributed by atoms with Gasteiger partial charge in [0.05, 0.1) is 5.92 Å². The molecule has 166 valence electrons. The van der Waals surface area contributed by atoms with E-state index in [1.165, 1.54) is 0 Å². The van der Waals surface area contributed by atoms with Crippen LogP contribution in [-0.4, -0.2) is 43.2 Å². The van der Waals surface area contributed by atoms with Gasteiger partial charge in [-0.2, -0.15) is 0 Å². The van der Waals surface area contributed by atoms with Crippen molar-refractivity contribution in [3.05, 3.63) is 53.9 Å². The van der Waals surface area contributed by atoms with E-state index in [0.29, 0.717) is 25.3 Å². The molecule has 0 fully saturated rings. The summed E-state index contributed by atoms with van der Waals surface area (Å²) in [4.78, 5) is 30.9. The van der Waals surface area contributed by atoms with Crippen LogP contribution < -0.4 is 20.3 Å². The fourth-order valence-electron chi connectivity index (χ4n) is 4.02. The maximum atomic E-state index is 12.6. The van der Waals surface area contributed by atoms with Crippen LogP contribution in [0.3, 0.4) is 0 Å². The molecule has 2 unspecified atom stereocenters. The molecule has 2 atom stereocenters. The Kier molecular flexibility index (Phi) is 7.87. The normalized spacial score (nSPS) is 17.5. The highest BCUT2D eigenvalue weighted by Crippen LogP contribution is 2.40. The Hall–Kier alpha value is -3.09. The molecule has 7 heteroatoms. The van der Waals surface area contributed by atoms with E-state index in [-0.39, 0.29) is 23.8 Å². The summed E-state index contributed by atoms with van der Waals surface area (Å²) in [6.07, 6.45) is 4.77. The van der Waals surface area contributed by atoms with Gasteiger partial charge in [-0.25, -0.2) is 4.79 Å². The largest absolute Gasteiger partial charge is 0.426 e. The topological polar surface area (TPSA) is 83.6 Å². The van der Waals surface area contributed by atoms with Gasteiger partial charge in [0, 0.05) is 50.3 Å². The molecule has 0 bridgehead atoms.